The minimum Gasteiger partial charge on any atom is -0.497 e. The Labute approximate surface area is 167 Å². The van der Waals surface area contributed by atoms with Gasteiger partial charge in [0.05, 0.1) is 7.11 Å². The quantitative estimate of drug-likeness (QED) is 0.773. The van der Waals surface area contributed by atoms with E-state index in [0.717, 1.165) is 37.0 Å². The van der Waals surface area contributed by atoms with Gasteiger partial charge in [-0.15, -0.1) is 0 Å². The molecule has 150 valence electrons. The first kappa shape index (κ1) is 20.2. The van der Waals surface area contributed by atoms with Gasteiger partial charge >= 0.3 is 6.03 Å². The highest BCUT2D eigenvalue weighted by atomic mass is 16.5. The molecule has 0 atom stereocenters. The fraction of sp³-hybridized carbons (Fsp3) is 0.435. The van der Waals surface area contributed by atoms with Crippen LogP contribution in [0.2, 0.25) is 0 Å². The summed E-state index contributed by atoms with van der Waals surface area (Å²) >= 11 is 0. The fourth-order valence-corrected chi connectivity index (χ4v) is 3.86. The molecule has 1 fully saturated rings. The standard InChI is InChI=1S/C23H30N2O3/c1-28-21-9-5-8-20(16-21)17-23(18-26)11-14-25(15-12-23)22(27)24-13-10-19-6-3-2-4-7-19/h2-9,16,26H,10-15,17-18H2,1H3,(H,24,27). The molecule has 3 rings (SSSR count). The fourth-order valence-electron chi connectivity index (χ4n) is 3.86. The number of nitrogens with zero attached hydrogens (tertiary/aromatic N) is 1. The van der Waals surface area contributed by atoms with Crippen LogP contribution in [0.4, 0.5) is 4.79 Å². The molecule has 5 nitrogen and oxygen atoms in total. The average Bonchev–Trinajstić information content (AvgIpc) is 2.75. The van der Waals surface area contributed by atoms with Crippen molar-refractivity contribution in [1.29, 1.82) is 0 Å². The molecule has 0 unspecified atom stereocenters. The molecule has 2 N–H and O–H groups in total. The van der Waals surface area contributed by atoms with Crippen molar-refractivity contribution in [3.63, 3.8) is 0 Å². The lowest BCUT2D eigenvalue weighted by Crippen LogP contribution is -2.49. The molecular weight excluding hydrogens is 352 g/mol. The molecule has 0 aliphatic carbocycles. The second-order valence-corrected chi connectivity index (χ2v) is 7.64. The maximum Gasteiger partial charge on any atom is 0.317 e. The van der Waals surface area contributed by atoms with Gasteiger partial charge in [0, 0.05) is 31.7 Å². The number of carbonyl (C=O) groups excluding carboxylic acids is 1. The molecular formula is C23H30N2O3. The molecule has 1 saturated heterocycles. The predicted molar refractivity (Wildman–Crippen MR) is 111 cm³/mol. The summed E-state index contributed by atoms with van der Waals surface area (Å²) < 4.78 is 5.30. The Balaban J connectivity index is 1.49. The molecule has 28 heavy (non-hydrogen) atoms. The van der Waals surface area contributed by atoms with Crippen molar-refractivity contribution in [3.8, 4) is 5.75 Å². The van der Waals surface area contributed by atoms with Crippen LogP contribution in [0.1, 0.15) is 24.0 Å². The molecule has 2 aromatic carbocycles. The van der Waals surface area contributed by atoms with E-state index >= 15 is 0 Å². The van der Waals surface area contributed by atoms with E-state index in [0.29, 0.717) is 19.6 Å². The van der Waals surface area contributed by atoms with E-state index in [1.807, 2.05) is 41.3 Å². The number of likely N-dealkylation sites (tertiary alicyclic amines) is 1. The van der Waals surface area contributed by atoms with Crippen molar-refractivity contribution in [2.75, 3.05) is 33.4 Å². The van der Waals surface area contributed by atoms with E-state index < -0.39 is 0 Å². The highest BCUT2D eigenvalue weighted by Crippen LogP contribution is 2.35. The third-order valence-electron chi connectivity index (χ3n) is 5.69. The minimum atomic E-state index is -0.173. The number of urea groups is 1. The molecule has 1 aliphatic heterocycles. The third kappa shape index (κ3) is 5.26. The van der Waals surface area contributed by atoms with Gasteiger partial charge in [-0.2, -0.15) is 0 Å². The van der Waals surface area contributed by atoms with Gasteiger partial charge in [-0.1, -0.05) is 42.5 Å². The molecule has 1 heterocycles. The maximum atomic E-state index is 12.5. The number of hydrogen-bond donors (Lipinski definition) is 2. The summed E-state index contributed by atoms with van der Waals surface area (Å²) in [5.74, 6) is 0.834. The molecule has 1 aliphatic rings. The van der Waals surface area contributed by atoms with Crippen molar-refractivity contribution in [1.82, 2.24) is 10.2 Å². The van der Waals surface area contributed by atoms with E-state index in [1.54, 1.807) is 7.11 Å². The topological polar surface area (TPSA) is 61.8 Å². The second-order valence-electron chi connectivity index (χ2n) is 7.64. The van der Waals surface area contributed by atoms with Crippen LogP contribution in [0.5, 0.6) is 5.75 Å². The lowest BCUT2D eigenvalue weighted by molar-refractivity contribution is 0.0553. The lowest BCUT2D eigenvalue weighted by Gasteiger charge is -2.41. The lowest BCUT2D eigenvalue weighted by atomic mass is 9.74. The van der Waals surface area contributed by atoms with Crippen LogP contribution in [0.3, 0.4) is 0 Å². The monoisotopic (exact) mass is 382 g/mol. The van der Waals surface area contributed by atoms with Gasteiger partial charge in [0.15, 0.2) is 0 Å². The van der Waals surface area contributed by atoms with Crippen molar-refractivity contribution in [3.05, 3.63) is 65.7 Å². The summed E-state index contributed by atoms with van der Waals surface area (Å²) in [4.78, 5) is 14.3. The highest BCUT2D eigenvalue weighted by molar-refractivity contribution is 5.74. The summed E-state index contributed by atoms with van der Waals surface area (Å²) in [6.07, 6.45) is 3.22. The first-order valence-electron chi connectivity index (χ1n) is 9.95. The van der Waals surface area contributed by atoms with Crippen LogP contribution in [0, 0.1) is 5.41 Å². The number of methoxy groups -OCH3 is 1. The SMILES string of the molecule is COc1cccc(CC2(CO)CCN(C(=O)NCCc3ccccc3)CC2)c1. The first-order chi connectivity index (χ1) is 13.6. The van der Waals surface area contributed by atoms with Crippen LogP contribution >= 0.6 is 0 Å². The van der Waals surface area contributed by atoms with Crippen molar-refractivity contribution in [2.45, 2.75) is 25.7 Å². The first-order valence-corrected chi connectivity index (χ1v) is 9.95. The van der Waals surface area contributed by atoms with Gasteiger partial charge in [0.1, 0.15) is 5.75 Å². The average molecular weight is 383 g/mol. The summed E-state index contributed by atoms with van der Waals surface area (Å²) in [6.45, 7) is 2.10. The molecule has 0 aromatic heterocycles. The number of rotatable bonds is 7. The van der Waals surface area contributed by atoms with Crippen LogP contribution in [-0.2, 0) is 12.8 Å². The van der Waals surface area contributed by atoms with Gasteiger partial charge in [0.25, 0.3) is 0 Å². The molecule has 0 spiro atoms. The number of amides is 2. The third-order valence-corrected chi connectivity index (χ3v) is 5.69. The second kappa shape index (κ2) is 9.60. The summed E-state index contributed by atoms with van der Waals surface area (Å²) in [5, 5.41) is 13.1. The van der Waals surface area contributed by atoms with Crippen LogP contribution in [0.15, 0.2) is 54.6 Å². The number of nitrogens with one attached hydrogen (secondary N) is 1. The number of carbonyl (C=O) groups is 1. The van der Waals surface area contributed by atoms with E-state index in [9.17, 15) is 9.90 Å². The highest BCUT2D eigenvalue weighted by Gasteiger charge is 2.35. The largest absolute Gasteiger partial charge is 0.497 e. The number of piperidine rings is 1. The van der Waals surface area contributed by atoms with Crippen LogP contribution in [0.25, 0.3) is 0 Å². The zero-order chi connectivity index (χ0) is 19.8. The van der Waals surface area contributed by atoms with Gasteiger partial charge < -0.3 is 20.1 Å². The zero-order valence-electron chi connectivity index (χ0n) is 16.6. The summed E-state index contributed by atoms with van der Waals surface area (Å²) in [7, 11) is 1.66. The van der Waals surface area contributed by atoms with Crippen LogP contribution < -0.4 is 10.1 Å². The normalized spacial score (nSPS) is 15.9. The molecule has 0 radical (unpaired) electrons. The van der Waals surface area contributed by atoms with Gasteiger partial charge in [0.2, 0.25) is 0 Å². The van der Waals surface area contributed by atoms with Gasteiger partial charge in [-0.25, -0.2) is 4.79 Å². The number of benzene rings is 2. The number of aliphatic hydroxyl groups excluding tert-OH is 1. The summed E-state index contributed by atoms with van der Waals surface area (Å²) in [5.41, 5.74) is 2.21. The van der Waals surface area contributed by atoms with E-state index in [4.69, 9.17) is 4.74 Å². The summed E-state index contributed by atoms with van der Waals surface area (Å²) in [6, 6.07) is 18.2. The Morgan fingerprint density at radius 1 is 1.11 bits per heavy atom. The molecule has 2 amide bonds. The molecule has 5 heteroatoms. The van der Waals surface area contributed by atoms with Gasteiger partial charge in [-0.05, 0) is 48.9 Å². The van der Waals surface area contributed by atoms with E-state index in [2.05, 4.69) is 23.5 Å². The van der Waals surface area contributed by atoms with E-state index in [1.165, 1.54) is 5.56 Å². The number of hydrogen-bond acceptors (Lipinski definition) is 3. The minimum absolute atomic E-state index is 0.0103. The Morgan fingerprint density at radius 2 is 1.82 bits per heavy atom. The van der Waals surface area contributed by atoms with E-state index in [-0.39, 0.29) is 18.1 Å². The number of ether oxygens (including phenoxy) is 1. The Kier molecular flexibility index (Phi) is 6.93. The predicted octanol–water partition coefficient (Wildman–Crippen LogP) is 3.26. The smallest absolute Gasteiger partial charge is 0.317 e. The maximum absolute atomic E-state index is 12.5. The molecule has 0 bridgehead atoms. The Hall–Kier alpha value is -2.53. The van der Waals surface area contributed by atoms with Crippen molar-refractivity contribution < 1.29 is 14.6 Å². The Morgan fingerprint density at radius 3 is 2.50 bits per heavy atom. The molecule has 0 saturated carbocycles. The molecule has 2 aromatic rings. The van der Waals surface area contributed by atoms with Crippen molar-refractivity contribution in [2.24, 2.45) is 5.41 Å². The zero-order valence-corrected chi connectivity index (χ0v) is 16.6. The Bertz CT molecular complexity index is 755. The van der Waals surface area contributed by atoms with Crippen molar-refractivity contribution >= 4 is 6.03 Å². The van der Waals surface area contributed by atoms with Crippen LogP contribution in [-0.4, -0.2) is 49.4 Å². The van der Waals surface area contributed by atoms with Gasteiger partial charge in [-0.3, -0.25) is 0 Å². The number of aliphatic hydroxyl groups is 1.